The Morgan fingerprint density at radius 1 is 0.897 bits per heavy atom. The van der Waals surface area contributed by atoms with Crippen LogP contribution < -0.4 is 16.8 Å². The fourth-order valence-corrected chi connectivity index (χ4v) is 9.80. The highest BCUT2D eigenvalue weighted by Crippen LogP contribution is 2.67. The van der Waals surface area contributed by atoms with E-state index in [4.69, 9.17) is 0 Å². The highest BCUT2D eigenvalue weighted by atomic mass is 16.2. The summed E-state index contributed by atoms with van der Waals surface area (Å²) in [7, 11) is 0. The average molecular weight is 529 g/mol. The standard InChI is InChI=1S/C30H36N6O3/c1-30-15-17-9-18(30)11-19(30)12-22(10-17)34-20-5-4-6-21(34)14-23(13-20)35-25-8-3-2-7-24(25)32-27(28(35)38)36-29(39)33-26(37)16-31-36/h2-3,7-8,16-23H,4-6,9-15H2,1H3,(H,33,37,39). The maximum absolute atomic E-state index is 14.0. The first-order chi connectivity index (χ1) is 18.9. The summed E-state index contributed by atoms with van der Waals surface area (Å²) in [4.78, 5) is 47.9. The zero-order valence-electron chi connectivity index (χ0n) is 22.5. The SMILES string of the molecule is CC12CC3CC(N4C5CCCC4CC(n4c(=O)c(-n6ncc(=O)[nH]c6=O)nc6ccccc64)C5)CC1CC2C3. The molecule has 0 amide bonds. The van der Waals surface area contributed by atoms with E-state index >= 15 is 0 Å². The normalized spacial score (nSPS) is 37.4. The van der Waals surface area contributed by atoms with Crippen molar-refractivity contribution in [2.75, 3.05) is 0 Å². The number of H-pyrrole nitrogens is 1. The van der Waals surface area contributed by atoms with Crippen molar-refractivity contribution < 1.29 is 0 Å². The molecular formula is C30H36N6O3. The molecule has 3 saturated carbocycles. The summed E-state index contributed by atoms with van der Waals surface area (Å²) in [6.07, 6.45) is 13.5. The maximum atomic E-state index is 14.0. The molecule has 2 aliphatic heterocycles. The highest BCUT2D eigenvalue weighted by Gasteiger charge is 2.60. The molecule has 2 saturated heterocycles. The highest BCUT2D eigenvalue weighted by molar-refractivity contribution is 5.75. The van der Waals surface area contributed by atoms with E-state index in [2.05, 4.69) is 26.9 Å². The van der Waals surface area contributed by atoms with Gasteiger partial charge in [0.2, 0.25) is 5.82 Å². The van der Waals surface area contributed by atoms with Crippen LogP contribution in [0.25, 0.3) is 16.9 Å². The van der Waals surface area contributed by atoms with Crippen LogP contribution in [0.4, 0.5) is 0 Å². The molecule has 1 N–H and O–H groups in total. The molecule has 9 nitrogen and oxygen atoms in total. The molecule has 2 aromatic heterocycles. The van der Waals surface area contributed by atoms with Crippen LogP contribution in [-0.4, -0.2) is 47.3 Å². The van der Waals surface area contributed by atoms with Gasteiger partial charge < -0.3 is 4.57 Å². The summed E-state index contributed by atoms with van der Waals surface area (Å²) in [5, 5.41) is 3.95. The van der Waals surface area contributed by atoms with Crippen LogP contribution in [-0.2, 0) is 0 Å². The molecule has 4 bridgehead atoms. The minimum atomic E-state index is -0.754. The van der Waals surface area contributed by atoms with Crippen molar-refractivity contribution in [1.82, 2.24) is 29.2 Å². The summed E-state index contributed by atoms with van der Waals surface area (Å²) in [5.74, 6) is 2.68. The lowest BCUT2D eigenvalue weighted by Crippen LogP contribution is -2.58. The molecule has 0 radical (unpaired) electrons. The van der Waals surface area contributed by atoms with Gasteiger partial charge in [-0.1, -0.05) is 25.5 Å². The third-order valence-corrected chi connectivity index (χ3v) is 11.4. The topological polar surface area (TPSA) is 106 Å². The molecule has 5 fully saturated rings. The fourth-order valence-electron chi connectivity index (χ4n) is 9.80. The van der Waals surface area contributed by atoms with Gasteiger partial charge in [0.1, 0.15) is 6.20 Å². The van der Waals surface area contributed by atoms with Crippen LogP contribution in [0.15, 0.2) is 44.8 Å². The van der Waals surface area contributed by atoms with Gasteiger partial charge in [0.05, 0.1) is 11.0 Å². The second-order valence-electron chi connectivity index (χ2n) is 13.3. The molecule has 39 heavy (non-hydrogen) atoms. The Labute approximate surface area is 226 Å². The largest absolute Gasteiger partial charge is 0.351 e. The second kappa shape index (κ2) is 8.46. The Hall–Kier alpha value is -3.07. The molecule has 3 aliphatic carbocycles. The zero-order valence-corrected chi connectivity index (χ0v) is 22.5. The molecule has 7 unspecified atom stereocenters. The van der Waals surface area contributed by atoms with Crippen LogP contribution in [0, 0.1) is 23.2 Å². The number of piperidine rings is 2. The minimum absolute atomic E-state index is 0.0296. The number of hydrogen-bond acceptors (Lipinski definition) is 6. The Balaban J connectivity index is 1.17. The molecule has 204 valence electrons. The number of nitrogens with zero attached hydrogens (tertiary/aromatic N) is 5. The van der Waals surface area contributed by atoms with Crippen LogP contribution in [0.1, 0.15) is 77.2 Å². The number of benzene rings is 1. The molecule has 8 rings (SSSR count). The number of nitrogens with one attached hydrogen (secondary N) is 1. The first kappa shape index (κ1) is 23.8. The third-order valence-electron chi connectivity index (χ3n) is 11.4. The van der Waals surface area contributed by atoms with E-state index < -0.39 is 11.2 Å². The van der Waals surface area contributed by atoms with Crippen molar-refractivity contribution in [3.8, 4) is 5.82 Å². The van der Waals surface area contributed by atoms with E-state index in [0.717, 1.165) is 47.0 Å². The van der Waals surface area contributed by atoms with Crippen molar-refractivity contribution in [2.24, 2.45) is 23.2 Å². The molecule has 3 aromatic rings. The second-order valence-corrected chi connectivity index (χ2v) is 13.3. The molecule has 5 aliphatic rings. The lowest BCUT2D eigenvalue weighted by atomic mass is 9.54. The number of para-hydroxylation sites is 2. The van der Waals surface area contributed by atoms with E-state index in [1.165, 1.54) is 51.4 Å². The van der Waals surface area contributed by atoms with Gasteiger partial charge >= 0.3 is 5.69 Å². The predicted molar refractivity (Wildman–Crippen MR) is 147 cm³/mol. The number of hydrogen-bond donors (Lipinski definition) is 1. The number of aromatic amines is 1. The van der Waals surface area contributed by atoms with Crippen LogP contribution >= 0.6 is 0 Å². The van der Waals surface area contributed by atoms with E-state index in [0.29, 0.717) is 29.1 Å². The lowest BCUT2D eigenvalue weighted by molar-refractivity contribution is -0.0661. The van der Waals surface area contributed by atoms with Gasteiger partial charge in [-0.2, -0.15) is 9.78 Å². The predicted octanol–water partition coefficient (Wildman–Crippen LogP) is 3.40. The first-order valence-electron chi connectivity index (χ1n) is 14.9. The van der Waals surface area contributed by atoms with Crippen LogP contribution in [0.2, 0.25) is 0 Å². The molecular weight excluding hydrogens is 492 g/mol. The summed E-state index contributed by atoms with van der Waals surface area (Å²) in [6, 6.07) is 9.30. The Bertz CT molecular complexity index is 1630. The molecule has 0 spiro atoms. The van der Waals surface area contributed by atoms with Crippen molar-refractivity contribution in [3.05, 3.63) is 61.7 Å². The molecule has 1 aromatic carbocycles. The quantitative estimate of drug-likeness (QED) is 0.559. The fraction of sp³-hybridized carbons (Fsp3) is 0.633. The lowest BCUT2D eigenvalue weighted by Gasteiger charge is -2.56. The maximum Gasteiger partial charge on any atom is 0.351 e. The summed E-state index contributed by atoms with van der Waals surface area (Å²) in [5.41, 5.74) is 0.353. The first-order valence-corrected chi connectivity index (χ1v) is 14.9. The van der Waals surface area contributed by atoms with Crippen molar-refractivity contribution in [1.29, 1.82) is 0 Å². The molecule has 7 atom stereocenters. The zero-order chi connectivity index (χ0) is 26.5. The van der Waals surface area contributed by atoms with E-state index in [9.17, 15) is 14.4 Å². The van der Waals surface area contributed by atoms with Crippen LogP contribution in [0.3, 0.4) is 0 Å². The summed E-state index contributed by atoms with van der Waals surface area (Å²) in [6.45, 7) is 2.57. The van der Waals surface area contributed by atoms with Crippen LogP contribution in [0.5, 0.6) is 0 Å². The van der Waals surface area contributed by atoms with Gasteiger partial charge in [-0.25, -0.2) is 9.78 Å². The van der Waals surface area contributed by atoms with E-state index in [-0.39, 0.29) is 17.4 Å². The number of rotatable bonds is 3. The third kappa shape index (κ3) is 3.51. The van der Waals surface area contributed by atoms with Crippen molar-refractivity contribution in [3.63, 3.8) is 0 Å². The van der Waals surface area contributed by atoms with Gasteiger partial charge in [-0.15, -0.1) is 0 Å². The van der Waals surface area contributed by atoms with Gasteiger partial charge in [0.25, 0.3) is 11.1 Å². The number of fused-ring (bicyclic) bond motifs is 4. The Morgan fingerprint density at radius 3 is 2.46 bits per heavy atom. The van der Waals surface area contributed by atoms with Crippen molar-refractivity contribution >= 4 is 11.0 Å². The summed E-state index contributed by atoms with van der Waals surface area (Å²) >= 11 is 0. The molecule has 9 heteroatoms. The van der Waals surface area contributed by atoms with Gasteiger partial charge in [0, 0.05) is 24.2 Å². The Kier molecular flexibility index (Phi) is 5.16. The van der Waals surface area contributed by atoms with E-state index in [1.807, 2.05) is 28.8 Å². The monoisotopic (exact) mass is 528 g/mol. The van der Waals surface area contributed by atoms with Gasteiger partial charge in [-0.3, -0.25) is 19.5 Å². The molecule has 4 heterocycles. The smallest absolute Gasteiger partial charge is 0.300 e. The Morgan fingerprint density at radius 2 is 1.67 bits per heavy atom. The summed E-state index contributed by atoms with van der Waals surface area (Å²) < 4.78 is 2.81. The number of aromatic nitrogens is 5. The van der Waals surface area contributed by atoms with Crippen molar-refractivity contribution in [2.45, 2.75) is 95.3 Å². The minimum Gasteiger partial charge on any atom is -0.300 e. The van der Waals surface area contributed by atoms with Gasteiger partial charge in [0.15, 0.2) is 0 Å². The average Bonchev–Trinajstić information content (AvgIpc) is 3.07. The van der Waals surface area contributed by atoms with Gasteiger partial charge in [-0.05, 0) is 93.1 Å². The van der Waals surface area contributed by atoms with E-state index in [1.54, 1.807) is 0 Å².